The number of nitrogens with zero attached hydrogens (tertiary/aromatic N) is 7. The number of carbonyl (C=O) groups excluding carboxylic acids is 3. The van der Waals surface area contributed by atoms with E-state index in [-0.39, 0.29) is 62.1 Å². The second-order valence-electron chi connectivity index (χ2n) is 19.6. The summed E-state index contributed by atoms with van der Waals surface area (Å²) in [6.07, 6.45) is 5.61. The lowest BCUT2D eigenvalue weighted by atomic mass is 9.84. The highest BCUT2D eigenvalue weighted by Crippen LogP contribution is 2.41. The molecule has 420 valence electrons. The van der Waals surface area contributed by atoms with Crippen molar-refractivity contribution in [1.82, 2.24) is 50.2 Å². The third-order valence-electron chi connectivity index (χ3n) is 13.5. The Balaban J connectivity index is 1.39. The Kier molecular flexibility index (Phi) is 25.6. The Morgan fingerprint density at radius 1 is 0.737 bits per heavy atom. The number of hydrogen-bond donors (Lipinski definition) is 7. The Labute approximate surface area is 445 Å². The van der Waals surface area contributed by atoms with E-state index in [1.165, 1.54) is 14.2 Å². The Morgan fingerprint density at radius 2 is 1.30 bits per heavy atom. The summed E-state index contributed by atoms with van der Waals surface area (Å²) in [4.78, 5) is 94.3. The highest BCUT2D eigenvalue weighted by atomic mass is 16.5. The first kappa shape index (κ1) is 61.9. The van der Waals surface area contributed by atoms with Crippen LogP contribution < -0.4 is 25.4 Å². The fourth-order valence-corrected chi connectivity index (χ4v) is 9.28. The van der Waals surface area contributed by atoms with Crippen LogP contribution in [-0.4, -0.2) is 234 Å². The number of methoxy groups -OCH3 is 2. The molecular formula is C53H81N10O13+. The number of benzene rings is 2. The Hall–Kier alpha value is -6.66. The molecule has 0 radical (unpaired) electrons. The molecule has 0 saturated heterocycles. The molecule has 8 N–H and O–H groups in total. The molecule has 1 aromatic heterocycles. The van der Waals surface area contributed by atoms with Crippen LogP contribution in [0, 0.1) is 5.92 Å². The van der Waals surface area contributed by atoms with Gasteiger partial charge >= 0.3 is 23.9 Å². The van der Waals surface area contributed by atoms with E-state index in [0.717, 1.165) is 24.8 Å². The average Bonchev–Trinajstić information content (AvgIpc) is 3.83. The number of aliphatic carboxylic acids is 4. The normalized spacial score (nSPS) is 13.2. The van der Waals surface area contributed by atoms with E-state index in [9.17, 15) is 43.8 Å². The molecule has 0 bridgehead atoms. The van der Waals surface area contributed by atoms with Crippen LogP contribution in [0.25, 0.3) is 16.9 Å². The Bertz CT molecular complexity index is 2390. The van der Waals surface area contributed by atoms with Crippen LogP contribution in [0.3, 0.4) is 0 Å². The van der Waals surface area contributed by atoms with Crippen LogP contribution in [0.5, 0.6) is 11.5 Å². The van der Waals surface area contributed by atoms with E-state index in [0.29, 0.717) is 119 Å². The second kappa shape index (κ2) is 31.4. The molecule has 3 aromatic rings. The van der Waals surface area contributed by atoms with Gasteiger partial charge in [0.25, 0.3) is 11.8 Å². The van der Waals surface area contributed by atoms with Gasteiger partial charge in [-0.25, -0.2) is 9.48 Å². The van der Waals surface area contributed by atoms with Gasteiger partial charge < -0.3 is 65.3 Å². The topological polar surface area (TPSA) is 293 Å². The number of ether oxygens (including phenoxy) is 2. The molecule has 1 aliphatic carbocycles. The number of carboxylic acids is 4. The standard InChI is InChI=1S/C53H80N10O13/c1-36(2)39-30-38(18-19-41(39)63-42(49-43(75-6)16-11-17-44(49)76-7)31-40(57-63)51(71)56-50(53(73)74)37-14-9-8-10-15-37)52(72)60(5)25-13-23-58(3)22-12-24-59(4)45(64)34-61(26-20-54-32-46(65)66)28-29-62(35-48(69)70)27-21-55-33-47(67)68/h11,16-19,30-31,36-37,50,54-55H,8-10,12-15,20-29,32-35H2,1-7H3,(H,56,71)(H,65,66)(H,67,68)(H,69,70)(H,73,74)/p+1/t50-/m0/s1. The minimum Gasteiger partial charge on any atom is -0.496 e. The zero-order chi connectivity index (χ0) is 55.9. The monoisotopic (exact) mass is 1070 g/mol. The number of carbonyl (C=O) groups is 6. The summed E-state index contributed by atoms with van der Waals surface area (Å²) in [5, 5.41) is 50.9. The molecule has 0 aliphatic heterocycles. The van der Waals surface area contributed by atoms with Crippen molar-refractivity contribution in [3.8, 4) is 28.4 Å². The minimum absolute atomic E-state index is 0.00802. The fraction of sp³-hybridized carbons (Fsp3) is 0.585. The van der Waals surface area contributed by atoms with Gasteiger partial charge in [-0.15, -0.1) is 0 Å². The maximum absolute atomic E-state index is 14.0. The third kappa shape index (κ3) is 19.5. The van der Waals surface area contributed by atoms with E-state index in [2.05, 4.69) is 20.9 Å². The quantitative estimate of drug-likeness (QED) is 0.0329. The first-order valence-electron chi connectivity index (χ1n) is 25.9. The van der Waals surface area contributed by atoms with Crippen LogP contribution in [0.4, 0.5) is 0 Å². The summed E-state index contributed by atoms with van der Waals surface area (Å²) < 4.78 is 13.2. The number of rotatable bonds is 35. The summed E-state index contributed by atoms with van der Waals surface area (Å²) in [6, 6.07) is 11.2. The smallest absolute Gasteiger partial charge is 0.495 e. The molecule has 3 amide bonds. The van der Waals surface area contributed by atoms with Crippen LogP contribution in [0.1, 0.15) is 91.1 Å². The average molecular weight is 1070 g/mol. The van der Waals surface area contributed by atoms with Crippen molar-refractivity contribution in [1.29, 1.82) is 0 Å². The number of carboxylic acid groups (broad SMARTS) is 4. The Morgan fingerprint density at radius 3 is 1.83 bits per heavy atom. The maximum Gasteiger partial charge on any atom is 0.495 e. The SMILES string of the molecule is COc1cccc(OC)c1-c1cc(C(=O)N[C@H](C(=O)O)C2CCCCC2)nn1-c1ccc(C(=O)N(C)CCCN(C)CCCN(C)C(=O)CN(CCNCC(=O)O)CCN(CCNCC(=O)O)CC(O)=[OH+])cc1C(C)C. The number of aromatic nitrogens is 2. The van der Waals surface area contributed by atoms with Gasteiger partial charge in [0, 0.05) is 72.0 Å². The summed E-state index contributed by atoms with van der Waals surface area (Å²) in [7, 11) is 8.52. The van der Waals surface area contributed by atoms with Crippen LogP contribution >= 0.6 is 0 Å². The van der Waals surface area contributed by atoms with Gasteiger partial charge in [-0.3, -0.25) is 33.8 Å². The molecule has 1 aliphatic rings. The van der Waals surface area contributed by atoms with Crippen molar-refractivity contribution in [2.24, 2.45) is 5.92 Å². The van der Waals surface area contributed by atoms with Crippen molar-refractivity contribution in [3.05, 3.63) is 59.3 Å². The van der Waals surface area contributed by atoms with Gasteiger partial charge in [-0.2, -0.15) is 5.10 Å². The van der Waals surface area contributed by atoms with Crippen LogP contribution in [0.15, 0.2) is 42.5 Å². The van der Waals surface area contributed by atoms with E-state index in [1.807, 2.05) is 31.9 Å². The predicted molar refractivity (Wildman–Crippen MR) is 286 cm³/mol. The molecule has 0 spiro atoms. The van der Waals surface area contributed by atoms with E-state index >= 15 is 0 Å². The lowest BCUT2D eigenvalue weighted by Gasteiger charge is -2.28. The fourth-order valence-electron chi connectivity index (χ4n) is 9.28. The number of amides is 3. The van der Waals surface area contributed by atoms with E-state index in [1.54, 1.807) is 69.9 Å². The van der Waals surface area contributed by atoms with Crippen molar-refractivity contribution in [3.63, 3.8) is 0 Å². The van der Waals surface area contributed by atoms with Crippen molar-refractivity contribution >= 4 is 41.6 Å². The van der Waals surface area contributed by atoms with Gasteiger partial charge in [-0.1, -0.05) is 39.2 Å². The molecular weight excluding hydrogens is 985 g/mol. The number of likely N-dealkylation sites (N-methyl/N-ethyl adjacent to an activating group) is 1. The zero-order valence-corrected chi connectivity index (χ0v) is 45.3. The zero-order valence-electron chi connectivity index (χ0n) is 45.3. The number of aliphatic hydroxyl groups excluding tert-OH is 1. The second-order valence-corrected chi connectivity index (χ2v) is 19.6. The van der Waals surface area contributed by atoms with Crippen molar-refractivity contribution in [2.75, 3.05) is 127 Å². The summed E-state index contributed by atoms with van der Waals surface area (Å²) in [5.41, 5.74) is 2.86. The third-order valence-corrected chi connectivity index (χ3v) is 13.5. The van der Waals surface area contributed by atoms with E-state index in [4.69, 9.17) is 24.8 Å². The van der Waals surface area contributed by atoms with Gasteiger partial charge in [0.05, 0.1) is 50.8 Å². The molecule has 4 rings (SSSR count). The first-order chi connectivity index (χ1) is 36.2. The number of nitrogens with one attached hydrogen (secondary N) is 3. The molecule has 2 aromatic carbocycles. The number of hydrogen-bond acceptors (Lipinski definition) is 14. The van der Waals surface area contributed by atoms with Crippen LogP contribution in [0.2, 0.25) is 0 Å². The molecule has 1 atom stereocenters. The van der Waals surface area contributed by atoms with Crippen molar-refractivity contribution < 1.29 is 63.5 Å². The molecule has 0 unspecified atom stereocenters. The molecule has 23 heteroatoms. The van der Waals surface area contributed by atoms with Crippen molar-refractivity contribution in [2.45, 2.75) is 70.8 Å². The molecule has 23 nitrogen and oxygen atoms in total. The van der Waals surface area contributed by atoms with Crippen LogP contribution in [-0.2, 0) is 19.2 Å². The molecule has 1 saturated carbocycles. The van der Waals surface area contributed by atoms with Gasteiger partial charge in [0.15, 0.2) is 12.2 Å². The first-order valence-corrected chi connectivity index (χ1v) is 25.9. The highest BCUT2D eigenvalue weighted by molar-refractivity contribution is 5.97. The molecule has 1 heterocycles. The van der Waals surface area contributed by atoms with Gasteiger partial charge in [0.2, 0.25) is 5.91 Å². The largest absolute Gasteiger partial charge is 0.496 e. The summed E-state index contributed by atoms with van der Waals surface area (Å²) in [5.74, 6) is -4.22. The van der Waals surface area contributed by atoms with E-state index < -0.39 is 35.8 Å². The summed E-state index contributed by atoms with van der Waals surface area (Å²) in [6.45, 7) is 7.63. The van der Waals surface area contributed by atoms with Gasteiger partial charge in [-0.05, 0) is 99.6 Å². The molecule has 76 heavy (non-hydrogen) atoms. The maximum atomic E-state index is 14.0. The highest BCUT2D eigenvalue weighted by Gasteiger charge is 2.33. The lowest BCUT2D eigenvalue weighted by Crippen LogP contribution is -2.46. The lowest BCUT2D eigenvalue weighted by molar-refractivity contribution is -0.141. The predicted octanol–water partition coefficient (Wildman–Crippen LogP) is 2.70. The summed E-state index contributed by atoms with van der Waals surface area (Å²) >= 11 is 0. The molecule has 1 fully saturated rings. The van der Waals surface area contributed by atoms with Gasteiger partial charge in [0.1, 0.15) is 17.5 Å². The minimum atomic E-state index is -1.09.